The standard InChI is InChI=1S/C13H21ClN6OS/c1-4-5-19-12(8-21)16-20(13(19)22)9-17(2)7-11-15-6-10(14)18(11)3/h6,21H,4-5,7-9H2,1-3H3. The fourth-order valence-electron chi connectivity index (χ4n) is 2.23. The maximum atomic E-state index is 9.41. The molecule has 7 nitrogen and oxygen atoms in total. The summed E-state index contributed by atoms with van der Waals surface area (Å²) < 4.78 is 6.06. The van der Waals surface area contributed by atoms with Crippen LogP contribution in [-0.4, -0.2) is 41.0 Å². The first-order chi connectivity index (χ1) is 10.5. The van der Waals surface area contributed by atoms with Gasteiger partial charge in [0.2, 0.25) is 0 Å². The van der Waals surface area contributed by atoms with Gasteiger partial charge in [-0.25, -0.2) is 9.67 Å². The summed E-state index contributed by atoms with van der Waals surface area (Å²) in [6.45, 7) is 3.85. The highest BCUT2D eigenvalue weighted by Gasteiger charge is 2.12. The third-order valence-electron chi connectivity index (χ3n) is 3.40. The molecule has 0 saturated carbocycles. The van der Waals surface area contributed by atoms with E-state index in [1.807, 2.05) is 28.1 Å². The van der Waals surface area contributed by atoms with Gasteiger partial charge in [0, 0.05) is 13.6 Å². The third-order valence-corrected chi connectivity index (χ3v) is 4.18. The van der Waals surface area contributed by atoms with Crippen LogP contribution in [0.1, 0.15) is 25.0 Å². The van der Waals surface area contributed by atoms with Gasteiger partial charge in [0.15, 0.2) is 10.6 Å². The zero-order valence-electron chi connectivity index (χ0n) is 13.0. The quantitative estimate of drug-likeness (QED) is 0.776. The van der Waals surface area contributed by atoms with Crippen molar-refractivity contribution >= 4 is 23.8 Å². The van der Waals surface area contributed by atoms with Crippen molar-refractivity contribution in [1.82, 2.24) is 28.8 Å². The van der Waals surface area contributed by atoms with Crippen LogP contribution in [0, 0.1) is 4.77 Å². The molecule has 9 heteroatoms. The van der Waals surface area contributed by atoms with E-state index in [-0.39, 0.29) is 6.61 Å². The molecule has 2 aromatic heterocycles. The van der Waals surface area contributed by atoms with Crippen LogP contribution in [0.2, 0.25) is 5.15 Å². The van der Waals surface area contributed by atoms with Crippen LogP contribution in [0.3, 0.4) is 0 Å². The van der Waals surface area contributed by atoms with Crippen molar-refractivity contribution in [3.05, 3.63) is 27.8 Å². The lowest BCUT2D eigenvalue weighted by atomic mass is 10.4. The summed E-state index contributed by atoms with van der Waals surface area (Å²) in [6, 6.07) is 0. The molecule has 0 amide bonds. The molecule has 0 atom stereocenters. The predicted octanol–water partition coefficient (Wildman–Crippen LogP) is 1.79. The Bertz CT molecular complexity index is 691. The maximum Gasteiger partial charge on any atom is 0.199 e. The lowest BCUT2D eigenvalue weighted by Gasteiger charge is -2.16. The molecule has 1 N–H and O–H groups in total. The molecule has 0 saturated heterocycles. The van der Waals surface area contributed by atoms with Crippen molar-refractivity contribution in [3.8, 4) is 0 Å². The third kappa shape index (κ3) is 3.57. The molecule has 0 fully saturated rings. The molecular weight excluding hydrogens is 324 g/mol. The molecule has 2 heterocycles. The Morgan fingerprint density at radius 2 is 2.14 bits per heavy atom. The van der Waals surface area contributed by atoms with E-state index >= 15 is 0 Å². The van der Waals surface area contributed by atoms with Crippen molar-refractivity contribution in [2.24, 2.45) is 7.05 Å². The number of nitrogens with zero attached hydrogens (tertiary/aromatic N) is 6. The highest BCUT2D eigenvalue weighted by molar-refractivity contribution is 7.71. The largest absolute Gasteiger partial charge is 0.388 e. The van der Waals surface area contributed by atoms with E-state index in [0.717, 1.165) is 18.8 Å². The lowest BCUT2D eigenvalue weighted by Crippen LogP contribution is -2.24. The number of hydrogen-bond donors (Lipinski definition) is 1. The highest BCUT2D eigenvalue weighted by atomic mass is 35.5. The smallest absolute Gasteiger partial charge is 0.199 e. The summed E-state index contributed by atoms with van der Waals surface area (Å²) in [5, 5.41) is 14.4. The number of aliphatic hydroxyl groups is 1. The monoisotopic (exact) mass is 344 g/mol. The Kier molecular flexibility index (Phi) is 5.74. The fraction of sp³-hybridized carbons (Fsp3) is 0.615. The molecule has 2 aromatic rings. The summed E-state index contributed by atoms with van der Waals surface area (Å²) in [4.78, 5) is 6.32. The summed E-state index contributed by atoms with van der Waals surface area (Å²) >= 11 is 11.4. The summed E-state index contributed by atoms with van der Waals surface area (Å²) in [5.41, 5.74) is 0. The number of aromatic nitrogens is 5. The molecule has 122 valence electrons. The molecule has 0 aliphatic rings. The molecule has 0 unspecified atom stereocenters. The Hall–Kier alpha value is -1.22. The molecular formula is C13H21ClN6OS. The van der Waals surface area contributed by atoms with Gasteiger partial charge >= 0.3 is 0 Å². The second-order valence-electron chi connectivity index (χ2n) is 5.22. The first-order valence-corrected chi connectivity index (χ1v) is 7.88. The lowest BCUT2D eigenvalue weighted by molar-refractivity contribution is 0.232. The number of rotatable bonds is 7. The van der Waals surface area contributed by atoms with Gasteiger partial charge in [-0.05, 0) is 25.7 Å². The van der Waals surface area contributed by atoms with Crippen LogP contribution >= 0.6 is 23.8 Å². The minimum absolute atomic E-state index is 0.116. The molecule has 0 spiro atoms. The van der Waals surface area contributed by atoms with Crippen molar-refractivity contribution < 1.29 is 5.11 Å². The van der Waals surface area contributed by atoms with E-state index in [2.05, 4.69) is 17.0 Å². The molecule has 2 rings (SSSR count). The Balaban J connectivity index is 2.13. The zero-order valence-corrected chi connectivity index (χ0v) is 14.6. The van der Waals surface area contributed by atoms with Gasteiger partial charge in [-0.2, -0.15) is 5.10 Å². The van der Waals surface area contributed by atoms with Crippen LogP contribution in [0.25, 0.3) is 0 Å². The van der Waals surface area contributed by atoms with Crippen molar-refractivity contribution in [1.29, 1.82) is 0 Å². The second kappa shape index (κ2) is 7.36. The van der Waals surface area contributed by atoms with E-state index < -0.39 is 0 Å². The SMILES string of the molecule is CCCn1c(CO)nn(CN(C)Cc2ncc(Cl)n2C)c1=S. The van der Waals surface area contributed by atoms with Crippen molar-refractivity contribution in [2.75, 3.05) is 7.05 Å². The molecule has 0 aromatic carbocycles. The van der Waals surface area contributed by atoms with Gasteiger partial charge < -0.3 is 14.2 Å². The maximum absolute atomic E-state index is 9.41. The highest BCUT2D eigenvalue weighted by Crippen LogP contribution is 2.11. The van der Waals surface area contributed by atoms with E-state index in [1.165, 1.54) is 0 Å². The first-order valence-electron chi connectivity index (χ1n) is 7.10. The van der Waals surface area contributed by atoms with Gasteiger partial charge in [0.05, 0.1) is 19.4 Å². The van der Waals surface area contributed by atoms with Crippen LogP contribution in [0.15, 0.2) is 6.20 Å². The Morgan fingerprint density at radius 1 is 1.41 bits per heavy atom. The van der Waals surface area contributed by atoms with E-state index in [1.54, 1.807) is 10.9 Å². The van der Waals surface area contributed by atoms with Gasteiger partial charge in [-0.3, -0.25) is 4.90 Å². The zero-order chi connectivity index (χ0) is 16.3. The van der Waals surface area contributed by atoms with Gasteiger partial charge in [-0.1, -0.05) is 18.5 Å². The van der Waals surface area contributed by atoms with E-state index in [9.17, 15) is 5.11 Å². The predicted molar refractivity (Wildman–Crippen MR) is 86.9 cm³/mol. The molecule has 0 radical (unpaired) electrons. The van der Waals surface area contributed by atoms with Crippen LogP contribution < -0.4 is 0 Å². The fourth-order valence-corrected chi connectivity index (χ4v) is 2.68. The van der Waals surface area contributed by atoms with E-state index in [4.69, 9.17) is 23.8 Å². The number of halogens is 1. The first kappa shape index (κ1) is 17.1. The Labute approximate surface area is 139 Å². The number of hydrogen-bond acceptors (Lipinski definition) is 5. The average Bonchev–Trinajstić information content (AvgIpc) is 2.95. The number of aliphatic hydroxyl groups excluding tert-OH is 1. The van der Waals surface area contributed by atoms with Crippen LogP contribution in [0.5, 0.6) is 0 Å². The minimum Gasteiger partial charge on any atom is -0.388 e. The summed E-state index contributed by atoms with van der Waals surface area (Å²) in [7, 11) is 3.84. The van der Waals surface area contributed by atoms with Crippen LogP contribution in [-0.2, 0) is 33.4 Å². The van der Waals surface area contributed by atoms with Gasteiger partial charge in [0.25, 0.3) is 0 Å². The normalized spacial score (nSPS) is 11.5. The topological polar surface area (TPSA) is 64.0 Å². The molecule has 0 aliphatic heterocycles. The minimum atomic E-state index is -0.116. The Morgan fingerprint density at radius 3 is 2.68 bits per heavy atom. The van der Waals surface area contributed by atoms with Crippen LogP contribution in [0.4, 0.5) is 0 Å². The second-order valence-corrected chi connectivity index (χ2v) is 5.97. The number of imidazole rings is 1. The van der Waals surface area contributed by atoms with Gasteiger partial charge in [0.1, 0.15) is 17.6 Å². The van der Waals surface area contributed by atoms with Crippen molar-refractivity contribution in [3.63, 3.8) is 0 Å². The summed E-state index contributed by atoms with van der Waals surface area (Å²) in [6.07, 6.45) is 2.57. The van der Waals surface area contributed by atoms with Gasteiger partial charge in [-0.15, -0.1) is 0 Å². The molecule has 0 bridgehead atoms. The van der Waals surface area contributed by atoms with Crippen molar-refractivity contribution in [2.45, 2.75) is 39.7 Å². The van der Waals surface area contributed by atoms with E-state index in [0.29, 0.717) is 29.0 Å². The summed E-state index contributed by atoms with van der Waals surface area (Å²) in [5.74, 6) is 1.47. The average molecular weight is 345 g/mol. The molecule has 22 heavy (non-hydrogen) atoms. The molecule has 0 aliphatic carbocycles.